The number of ether oxygens (including phenoxy) is 1. The summed E-state index contributed by atoms with van der Waals surface area (Å²) in [4.78, 5) is 11.7. The molecule has 4 heteroatoms. The van der Waals surface area contributed by atoms with Gasteiger partial charge in [-0.25, -0.2) is 0 Å². The molecule has 4 nitrogen and oxygen atoms in total. The van der Waals surface area contributed by atoms with E-state index in [2.05, 4.69) is 12.2 Å². The molecule has 0 spiro atoms. The van der Waals surface area contributed by atoms with Gasteiger partial charge in [-0.1, -0.05) is 6.92 Å². The van der Waals surface area contributed by atoms with Gasteiger partial charge in [0.1, 0.15) is 5.75 Å². The molecule has 1 fully saturated rings. The van der Waals surface area contributed by atoms with Crippen molar-refractivity contribution in [3.63, 3.8) is 0 Å². The first-order valence-electron chi connectivity index (χ1n) is 6.41. The van der Waals surface area contributed by atoms with Crippen molar-refractivity contribution < 1.29 is 9.53 Å². The second kappa shape index (κ2) is 5.76. The molecule has 1 aliphatic rings. The van der Waals surface area contributed by atoms with E-state index in [9.17, 15) is 4.79 Å². The Morgan fingerprint density at radius 2 is 2.11 bits per heavy atom. The Morgan fingerprint density at radius 1 is 1.39 bits per heavy atom. The summed E-state index contributed by atoms with van der Waals surface area (Å²) in [5, 5.41) is 3.00. The minimum atomic E-state index is -0.0501. The Kier molecular flexibility index (Phi) is 4.07. The van der Waals surface area contributed by atoms with Crippen LogP contribution in [0.1, 0.15) is 26.2 Å². The number of amides is 1. The number of nitrogen functional groups attached to an aromatic ring is 1. The van der Waals surface area contributed by atoms with Crippen LogP contribution in [0.5, 0.6) is 5.75 Å². The van der Waals surface area contributed by atoms with Crippen LogP contribution in [0, 0.1) is 5.92 Å². The Balaban J connectivity index is 1.73. The van der Waals surface area contributed by atoms with Gasteiger partial charge in [0, 0.05) is 11.7 Å². The second-order valence-corrected chi connectivity index (χ2v) is 5.04. The van der Waals surface area contributed by atoms with E-state index in [1.807, 2.05) is 0 Å². The maximum absolute atomic E-state index is 11.7. The highest BCUT2D eigenvalue weighted by Gasteiger charge is 2.22. The van der Waals surface area contributed by atoms with Gasteiger partial charge in [-0.15, -0.1) is 0 Å². The summed E-state index contributed by atoms with van der Waals surface area (Å²) in [6.07, 6.45) is 3.35. The van der Waals surface area contributed by atoms with E-state index >= 15 is 0 Å². The number of hydrogen-bond donors (Lipinski definition) is 2. The van der Waals surface area contributed by atoms with Gasteiger partial charge in [-0.3, -0.25) is 4.79 Å². The van der Waals surface area contributed by atoms with Crippen molar-refractivity contribution in [1.29, 1.82) is 0 Å². The van der Waals surface area contributed by atoms with Crippen LogP contribution in [0.4, 0.5) is 5.69 Å². The predicted molar refractivity (Wildman–Crippen MR) is 71.3 cm³/mol. The molecule has 0 bridgehead atoms. The molecule has 1 aliphatic carbocycles. The highest BCUT2D eigenvalue weighted by molar-refractivity contribution is 5.77. The summed E-state index contributed by atoms with van der Waals surface area (Å²) in [7, 11) is 0. The number of rotatable bonds is 4. The Hall–Kier alpha value is -1.71. The van der Waals surface area contributed by atoms with Crippen molar-refractivity contribution in [1.82, 2.24) is 5.32 Å². The van der Waals surface area contributed by atoms with Crippen molar-refractivity contribution in [2.24, 2.45) is 5.92 Å². The Labute approximate surface area is 108 Å². The molecular formula is C14H20N2O2. The van der Waals surface area contributed by atoms with E-state index in [4.69, 9.17) is 10.5 Å². The number of nitrogens with one attached hydrogen (secondary N) is 1. The number of carbonyl (C=O) groups is 1. The lowest BCUT2D eigenvalue weighted by Crippen LogP contribution is -2.36. The van der Waals surface area contributed by atoms with Crippen molar-refractivity contribution >= 4 is 11.6 Å². The fourth-order valence-corrected chi connectivity index (χ4v) is 2.32. The smallest absolute Gasteiger partial charge is 0.258 e. The second-order valence-electron chi connectivity index (χ2n) is 5.04. The molecular weight excluding hydrogens is 228 g/mol. The van der Waals surface area contributed by atoms with E-state index in [0.29, 0.717) is 23.4 Å². The molecule has 0 heterocycles. The lowest BCUT2D eigenvalue weighted by Gasteiger charge is -2.13. The molecule has 3 N–H and O–H groups in total. The lowest BCUT2D eigenvalue weighted by atomic mass is 10.1. The van der Waals surface area contributed by atoms with Crippen LogP contribution in [0.25, 0.3) is 0 Å². The average Bonchev–Trinajstić information content (AvgIpc) is 2.74. The summed E-state index contributed by atoms with van der Waals surface area (Å²) in [5.41, 5.74) is 6.26. The van der Waals surface area contributed by atoms with Crippen LogP contribution < -0.4 is 15.8 Å². The highest BCUT2D eigenvalue weighted by Crippen LogP contribution is 2.24. The van der Waals surface area contributed by atoms with Crippen LogP contribution in [-0.2, 0) is 4.79 Å². The van der Waals surface area contributed by atoms with Crippen molar-refractivity contribution in [3.05, 3.63) is 24.3 Å². The maximum Gasteiger partial charge on any atom is 0.258 e. The van der Waals surface area contributed by atoms with Crippen LogP contribution in [-0.4, -0.2) is 18.6 Å². The van der Waals surface area contributed by atoms with Gasteiger partial charge >= 0.3 is 0 Å². The molecule has 1 aromatic rings. The molecule has 18 heavy (non-hydrogen) atoms. The van der Waals surface area contributed by atoms with Crippen molar-refractivity contribution in [2.75, 3.05) is 12.3 Å². The van der Waals surface area contributed by atoms with Crippen LogP contribution >= 0.6 is 0 Å². The first-order chi connectivity index (χ1) is 8.63. The van der Waals surface area contributed by atoms with Gasteiger partial charge in [0.2, 0.25) is 0 Å². The molecule has 0 radical (unpaired) electrons. The normalized spacial score (nSPS) is 22.7. The van der Waals surface area contributed by atoms with Gasteiger partial charge in [0.05, 0.1) is 0 Å². The van der Waals surface area contributed by atoms with Gasteiger partial charge < -0.3 is 15.8 Å². The van der Waals surface area contributed by atoms with E-state index in [1.54, 1.807) is 24.3 Å². The summed E-state index contributed by atoms with van der Waals surface area (Å²) in [5.74, 6) is 1.33. The largest absolute Gasteiger partial charge is 0.484 e. The fraction of sp³-hybridized carbons (Fsp3) is 0.500. The minimum Gasteiger partial charge on any atom is -0.484 e. The van der Waals surface area contributed by atoms with Crippen molar-refractivity contribution in [2.45, 2.75) is 32.2 Å². The van der Waals surface area contributed by atoms with E-state index in [-0.39, 0.29) is 12.5 Å². The molecule has 1 amide bonds. The van der Waals surface area contributed by atoms with Crippen LogP contribution in [0.15, 0.2) is 24.3 Å². The number of nitrogens with two attached hydrogens (primary N) is 1. The Bertz CT molecular complexity index is 403. The minimum absolute atomic E-state index is 0.0501. The summed E-state index contributed by atoms with van der Waals surface area (Å²) in [6.45, 7) is 2.28. The monoisotopic (exact) mass is 248 g/mol. The molecule has 1 saturated carbocycles. The summed E-state index contributed by atoms with van der Waals surface area (Å²) >= 11 is 0. The number of hydrogen-bond acceptors (Lipinski definition) is 3. The van der Waals surface area contributed by atoms with E-state index in [0.717, 1.165) is 12.8 Å². The molecule has 2 atom stereocenters. The quantitative estimate of drug-likeness (QED) is 0.800. The lowest BCUT2D eigenvalue weighted by molar-refractivity contribution is -0.123. The predicted octanol–water partition coefficient (Wildman–Crippen LogP) is 1.95. The number of anilines is 1. The molecule has 0 saturated heterocycles. The zero-order valence-electron chi connectivity index (χ0n) is 10.7. The topological polar surface area (TPSA) is 64.3 Å². The average molecular weight is 248 g/mol. The summed E-state index contributed by atoms with van der Waals surface area (Å²) < 4.78 is 5.39. The molecule has 2 unspecified atom stereocenters. The third kappa shape index (κ3) is 3.65. The number of carbonyl (C=O) groups excluding carboxylic acids is 1. The molecule has 0 aliphatic heterocycles. The number of benzene rings is 1. The summed E-state index contributed by atoms with van der Waals surface area (Å²) in [6, 6.07) is 7.36. The van der Waals surface area contributed by atoms with Gasteiger partial charge in [-0.05, 0) is 49.4 Å². The molecule has 2 rings (SSSR count). The SMILES string of the molecule is CC1CCC(NC(=O)COc2ccc(N)cc2)C1. The first kappa shape index (κ1) is 12.7. The zero-order chi connectivity index (χ0) is 13.0. The standard InChI is InChI=1S/C14H20N2O2/c1-10-2-5-12(8-10)16-14(17)9-18-13-6-3-11(15)4-7-13/h3-4,6-7,10,12H,2,5,8-9,15H2,1H3,(H,16,17). The zero-order valence-corrected chi connectivity index (χ0v) is 10.7. The van der Waals surface area contributed by atoms with E-state index < -0.39 is 0 Å². The third-order valence-corrected chi connectivity index (χ3v) is 3.31. The maximum atomic E-state index is 11.7. The van der Waals surface area contributed by atoms with Crippen LogP contribution in [0.2, 0.25) is 0 Å². The Morgan fingerprint density at radius 3 is 2.72 bits per heavy atom. The van der Waals surface area contributed by atoms with Gasteiger partial charge in [0.15, 0.2) is 6.61 Å². The van der Waals surface area contributed by atoms with Gasteiger partial charge in [-0.2, -0.15) is 0 Å². The molecule has 1 aromatic carbocycles. The molecule has 98 valence electrons. The van der Waals surface area contributed by atoms with Crippen LogP contribution in [0.3, 0.4) is 0 Å². The molecule has 0 aromatic heterocycles. The fourth-order valence-electron chi connectivity index (χ4n) is 2.32. The highest BCUT2D eigenvalue weighted by atomic mass is 16.5. The van der Waals surface area contributed by atoms with Crippen molar-refractivity contribution in [3.8, 4) is 5.75 Å². The van der Waals surface area contributed by atoms with Gasteiger partial charge in [0.25, 0.3) is 5.91 Å². The third-order valence-electron chi connectivity index (χ3n) is 3.31. The first-order valence-corrected chi connectivity index (χ1v) is 6.41. The van der Waals surface area contributed by atoms with E-state index in [1.165, 1.54) is 6.42 Å².